The number of halogens is 1. The standard InChI is InChI=1S/C16H19FN2O2/c1-2-10-18-14(20)16(8-9-16)15(21)19-11-7-12-5-3-4-6-13(12)17/h2-6H,1,7-11H2,(H,18,20)(H,19,21). The highest BCUT2D eigenvalue weighted by Gasteiger charge is 2.56. The van der Waals surface area contributed by atoms with Gasteiger partial charge in [-0.05, 0) is 30.9 Å². The zero-order chi connectivity index (χ0) is 15.3. The van der Waals surface area contributed by atoms with Gasteiger partial charge in [0.15, 0.2) is 0 Å². The van der Waals surface area contributed by atoms with Gasteiger partial charge < -0.3 is 10.6 Å². The lowest BCUT2D eigenvalue weighted by molar-refractivity contribution is -0.137. The van der Waals surface area contributed by atoms with E-state index in [-0.39, 0.29) is 17.6 Å². The second-order valence-corrected chi connectivity index (χ2v) is 5.18. The largest absolute Gasteiger partial charge is 0.355 e. The molecule has 1 aromatic carbocycles. The molecule has 1 aliphatic rings. The molecule has 0 bridgehead atoms. The zero-order valence-corrected chi connectivity index (χ0v) is 11.8. The minimum atomic E-state index is -0.932. The topological polar surface area (TPSA) is 58.2 Å². The molecule has 0 heterocycles. The Balaban J connectivity index is 1.83. The molecule has 1 aromatic rings. The lowest BCUT2D eigenvalue weighted by atomic mass is 10.0. The van der Waals surface area contributed by atoms with Gasteiger partial charge in [-0.25, -0.2) is 4.39 Å². The molecular formula is C16H19FN2O2. The number of hydrogen-bond acceptors (Lipinski definition) is 2. The molecule has 0 aliphatic heterocycles. The summed E-state index contributed by atoms with van der Waals surface area (Å²) in [5, 5.41) is 5.38. The van der Waals surface area contributed by atoms with Gasteiger partial charge in [0, 0.05) is 13.1 Å². The van der Waals surface area contributed by atoms with Crippen molar-refractivity contribution < 1.29 is 14.0 Å². The first-order valence-electron chi connectivity index (χ1n) is 7.01. The monoisotopic (exact) mass is 290 g/mol. The number of benzene rings is 1. The van der Waals surface area contributed by atoms with Gasteiger partial charge in [-0.3, -0.25) is 9.59 Å². The summed E-state index contributed by atoms with van der Waals surface area (Å²) in [5.41, 5.74) is -0.378. The third kappa shape index (κ3) is 3.48. The minimum absolute atomic E-state index is 0.259. The average Bonchev–Trinajstić information content (AvgIpc) is 3.28. The van der Waals surface area contributed by atoms with Gasteiger partial charge in [-0.1, -0.05) is 24.3 Å². The maximum atomic E-state index is 13.4. The van der Waals surface area contributed by atoms with Gasteiger partial charge in [-0.15, -0.1) is 6.58 Å². The lowest BCUT2D eigenvalue weighted by Gasteiger charge is -2.14. The Kier molecular flexibility index (Phi) is 4.73. The van der Waals surface area contributed by atoms with Crippen LogP contribution in [0.5, 0.6) is 0 Å². The van der Waals surface area contributed by atoms with E-state index in [1.807, 2.05) is 0 Å². The average molecular weight is 290 g/mol. The van der Waals surface area contributed by atoms with Crippen molar-refractivity contribution in [3.8, 4) is 0 Å². The van der Waals surface area contributed by atoms with Crippen LogP contribution >= 0.6 is 0 Å². The molecule has 1 fully saturated rings. The van der Waals surface area contributed by atoms with Gasteiger partial charge >= 0.3 is 0 Å². The number of amides is 2. The summed E-state index contributed by atoms with van der Waals surface area (Å²) in [6.45, 7) is 4.19. The van der Waals surface area contributed by atoms with Crippen LogP contribution in [0.15, 0.2) is 36.9 Å². The predicted molar refractivity (Wildman–Crippen MR) is 78.0 cm³/mol. The molecule has 2 rings (SSSR count). The fourth-order valence-corrected chi connectivity index (χ4v) is 2.20. The van der Waals surface area contributed by atoms with Gasteiger partial charge in [0.25, 0.3) is 0 Å². The summed E-state index contributed by atoms with van der Waals surface area (Å²) in [6, 6.07) is 6.46. The van der Waals surface area contributed by atoms with Gasteiger partial charge in [0.1, 0.15) is 11.2 Å². The fraction of sp³-hybridized carbons (Fsp3) is 0.375. The van der Waals surface area contributed by atoms with Gasteiger partial charge in [0.05, 0.1) is 0 Å². The molecule has 0 atom stereocenters. The summed E-state index contributed by atoms with van der Waals surface area (Å²) >= 11 is 0. The second kappa shape index (κ2) is 6.52. The van der Waals surface area contributed by atoms with E-state index in [0.29, 0.717) is 37.9 Å². The van der Waals surface area contributed by atoms with E-state index in [0.717, 1.165) is 0 Å². The van der Waals surface area contributed by atoms with Crippen molar-refractivity contribution in [2.24, 2.45) is 5.41 Å². The van der Waals surface area contributed by atoms with E-state index < -0.39 is 5.41 Å². The highest BCUT2D eigenvalue weighted by Crippen LogP contribution is 2.46. The van der Waals surface area contributed by atoms with Crippen LogP contribution in [0, 0.1) is 11.2 Å². The number of carbonyl (C=O) groups excluding carboxylic acids is 2. The number of carbonyl (C=O) groups is 2. The first kappa shape index (κ1) is 15.2. The first-order chi connectivity index (χ1) is 10.1. The van der Waals surface area contributed by atoms with Crippen LogP contribution in [0.2, 0.25) is 0 Å². The van der Waals surface area contributed by atoms with Crippen LogP contribution in [-0.2, 0) is 16.0 Å². The molecule has 2 amide bonds. The maximum absolute atomic E-state index is 13.4. The van der Waals surface area contributed by atoms with Crippen LogP contribution in [0.4, 0.5) is 4.39 Å². The Hall–Kier alpha value is -2.17. The van der Waals surface area contributed by atoms with Gasteiger partial charge in [-0.2, -0.15) is 0 Å². The second-order valence-electron chi connectivity index (χ2n) is 5.18. The SMILES string of the molecule is C=CCNC(=O)C1(C(=O)NCCc2ccccc2F)CC1. The van der Waals surface area contributed by atoms with Crippen LogP contribution in [-0.4, -0.2) is 24.9 Å². The molecule has 2 N–H and O–H groups in total. The van der Waals surface area contributed by atoms with Crippen molar-refractivity contribution in [1.82, 2.24) is 10.6 Å². The van der Waals surface area contributed by atoms with Crippen LogP contribution in [0.3, 0.4) is 0 Å². The van der Waals surface area contributed by atoms with E-state index in [2.05, 4.69) is 17.2 Å². The number of rotatable bonds is 7. The lowest BCUT2D eigenvalue weighted by Crippen LogP contribution is -2.43. The van der Waals surface area contributed by atoms with Crippen molar-refractivity contribution in [3.05, 3.63) is 48.3 Å². The Labute approximate surface area is 123 Å². The first-order valence-corrected chi connectivity index (χ1v) is 7.01. The number of nitrogens with one attached hydrogen (secondary N) is 2. The molecular weight excluding hydrogens is 271 g/mol. The molecule has 0 radical (unpaired) electrons. The molecule has 0 saturated heterocycles. The molecule has 21 heavy (non-hydrogen) atoms. The fourth-order valence-electron chi connectivity index (χ4n) is 2.20. The smallest absolute Gasteiger partial charge is 0.235 e. The van der Waals surface area contributed by atoms with Crippen LogP contribution in [0.1, 0.15) is 18.4 Å². The Bertz CT molecular complexity index is 553. The molecule has 1 saturated carbocycles. The highest BCUT2D eigenvalue weighted by molar-refractivity contribution is 6.07. The summed E-state index contributed by atoms with van der Waals surface area (Å²) < 4.78 is 13.4. The molecule has 0 spiro atoms. The highest BCUT2D eigenvalue weighted by atomic mass is 19.1. The maximum Gasteiger partial charge on any atom is 0.235 e. The Morgan fingerprint density at radius 1 is 1.24 bits per heavy atom. The molecule has 1 aliphatic carbocycles. The van der Waals surface area contributed by atoms with E-state index in [1.165, 1.54) is 6.07 Å². The van der Waals surface area contributed by atoms with E-state index in [1.54, 1.807) is 24.3 Å². The van der Waals surface area contributed by atoms with Gasteiger partial charge in [0.2, 0.25) is 11.8 Å². The quantitative estimate of drug-likeness (QED) is 0.591. The molecule has 5 heteroatoms. The summed E-state index contributed by atoms with van der Waals surface area (Å²) in [7, 11) is 0. The Morgan fingerprint density at radius 3 is 2.52 bits per heavy atom. The van der Waals surface area contributed by atoms with Crippen molar-refractivity contribution in [2.45, 2.75) is 19.3 Å². The summed E-state index contributed by atoms with van der Waals surface area (Å²) in [5.74, 6) is -0.817. The summed E-state index contributed by atoms with van der Waals surface area (Å²) in [6.07, 6.45) is 3.09. The third-order valence-corrected chi connectivity index (χ3v) is 3.66. The van der Waals surface area contributed by atoms with Crippen molar-refractivity contribution in [1.29, 1.82) is 0 Å². The van der Waals surface area contributed by atoms with Crippen molar-refractivity contribution in [2.75, 3.05) is 13.1 Å². The normalized spacial score (nSPS) is 15.1. The number of hydrogen-bond donors (Lipinski definition) is 2. The minimum Gasteiger partial charge on any atom is -0.355 e. The molecule has 112 valence electrons. The van der Waals surface area contributed by atoms with E-state index >= 15 is 0 Å². The summed E-state index contributed by atoms with van der Waals surface area (Å²) in [4.78, 5) is 24.1. The molecule has 0 aromatic heterocycles. The zero-order valence-electron chi connectivity index (χ0n) is 11.8. The van der Waals surface area contributed by atoms with E-state index in [4.69, 9.17) is 0 Å². The molecule has 4 nitrogen and oxygen atoms in total. The van der Waals surface area contributed by atoms with Crippen LogP contribution in [0.25, 0.3) is 0 Å². The predicted octanol–water partition coefficient (Wildman–Crippen LogP) is 1.57. The third-order valence-electron chi connectivity index (χ3n) is 3.66. The Morgan fingerprint density at radius 2 is 1.90 bits per heavy atom. The van der Waals surface area contributed by atoms with Crippen molar-refractivity contribution >= 4 is 11.8 Å². The van der Waals surface area contributed by atoms with E-state index in [9.17, 15) is 14.0 Å². The van der Waals surface area contributed by atoms with Crippen LogP contribution < -0.4 is 10.6 Å². The van der Waals surface area contributed by atoms with Crippen molar-refractivity contribution in [3.63, 3.8) is 0 Å². The molecule has 0 unspecified atom stereocenters.